The fourth-order valence-corrected chi connectivity index (χ4v) is 2.18. The Morgan fingerprint density at radius 1 is 1.35 bits per heavy atom. The zero-order valence-electron chi connectivity index (χ0n) is 10.4. The number of methoxy groups -OCH3 is 1. The number of benzene rings is 2. The molecule has 0 saturated heterocycles. The van der Waals surface area contributed by atoms with Gasteiger partial charge < -0.3 is 10.1 Å². The highest BCUT2D eigenvalue weighted by molar-refractivity contribution is 9.10. The van der Waals surface area contributed by atoms with Crippen molar-refractivity contribution < 1.29 is 13.9 Å². The third kappa shape index (κ3) is 3.11. The van der Waals surface area contributed by atoms with E-state index >= 15 is 0 Å². The van der Waals surface area contributed by atoms with Gasteiger partial charge in [-0.2, -0.15) is 0 Å². The first-order chi connectivity index (χ1) is 9.52. The minimum Gasteiger partial charge on any atom is -0.495 e. The van der Waals surface area contributed by atoms with Gasteiger partial charge in [-0.05, 0) is 46.3 Å². The highest BCUT2D eigenvalue weighted by Crippen LogP contribution is 2.28. The molecule has 3 nitrogen and oxygen atoms in total. The van der Waals surface area contributed by atoms with Crippen LogP contribution in [-0.4, -0.2) is 13.0 Å². The van der Waals surface area contributed by atoms with Gasteiger partial charge in [-0.25, -0.2) is 4.39 Å². The van der Waals surface area contributed by atoms with E-state index in [0.29, 0.717) is 16.5 Å². The first-order valence-electron chi connectivity index (χ1n) is 5.62. The van der Waals surface area contributed by atoms with Gasteiger partial charge in [0.05, 0.1) is 22.8 Å². The van der Waals surface area contributed by atoms with Crippen LogP contribution in [0, 0.1) is 5.82 Å². The molecule has 2 rings (SSSR count). The van der Waals surface area contributed by atoms with Crippen molar-refractivity contribution >= 4 is 39.1 Å². The Bertz CT molecular complexity index is 664. The summed E-state index contributed by atoms with van der Waals surface area (Å²) >= 11 is 8.91. The summed E-state index contributed by atoms with van der Waals surface area (Å²) in [5.74, 6) is -0.756. The quantitative estimate of drug-likeness (QED) is 0.877. The Labute approximate surface area is 128 Å². The Morgan fingerprint density at radius 2 is 2.10 bits per heavy atom. The van der Waals surface area contributed by atoms with Crippen molar-refractivity contribution in [1.29, 1.82) is 0 Å². The summed E-state index contributed by atoms with van der Waals surface area (Å²) in [5, 5.41) is 3.02. The molecule has 0 heterocycles. The zero-order valence-corrected chi connectivity index (χ0v) is 12.8. The maximum Gasteiger partial charge on any atom is 0.258 e. The van der Waals surface area contributed by atoms with Crippen molar-refractivity contribution in [2.24, 2.45) is 0 Å². The van der Waals surface area contributed by atoms with Crippen LogP contribution in [0.4, 0.5) is 10.1 Å². The Balaban J connectivity index is 2.32. The van der Waals surface area contributed by atoms with E-state index in [0.717, 1.165) is 0 Å². The van der Waals surface area contributed by atoms with Crippen LogP contribution >= 0.6 is 27.5 Å². The number of rotatable bonds is 3. The van der Waals surface area contributed by atoms with E-state index in [1.54, 1.807) is 18.2 Å². The third-order valence-electron chi connectivity index (χ3n) is 2.61. The number of carbonyl (C=O) groups excluding carboxylic acids is 1. The first kappa shape index (κ1) is 14.8. The van der Waals surface area contributed by atoms with Crippen molar-refractivity contribution in [2.45, 2.75) is 0 Å². The second-order valence-electron chi connectivity index (χ2n) is 3.90. The largest absolute Gasteiger partial charge is 0.495 e. The number of carbonyl (C=O) groups is 1. The molecule has 6 heteroatoms. The van der Waals surface area contributed by atoms with Gasteiger partial charge in [0.15, 0.2) is 0 Å². The Morgan fingerprint density at radius 3 is 2.80 bits per heavy atom. The smallest absolute Gasteiger partial charge is 0.258 e. The predicted molar refractivity (Wildman–Crippen MR) is 80.1 cm³/mol. The molecule has 0 aromatic heterocycles. The molecule has 0 aliphatic carbocycles. The molecular weight excluding hydrogens is 349 g/mol. The highest BCUT2D eigenvalue weighted by Gasteiger charge is 2.15. The lowest BCUT2D eigenvalue weighted by Crippen LogP contribution is -2.14. The molecule has 0 unspecified atom stereocenters. The van der Waals surface area contributed by atoms with Crippen LogP contribution in [0.25, 0.3) is 0 Å². The number of halogens is 3. The Hall–Kier alpha value is -1.59. The molecule has 0 radical (unpaired) electrons. The maximum atomic E-state index is 13.9. The average Bonchev–Trinajstić information content (AvgIpc) is 2.42. The highest BCUT2D eigenvalue weighted by atomic mass is 79.9. The molecule has 0 spiro atoms. The minimum atomic E-state index is -0.619. The van der Waals surface area contributed by atoms with Gasteiger partial charge in [0.2, 0.25) is 0 Å². The normalized spacial score (nSPS) is 10.2. The zero-order chi connectivity index (χ0) is 14.7. The van der Waals surface area contributed by atoms with E-state index in [-0.39, 0.29) is 10.0 Å². The molecule has 0 saturated carbocycles. The van der Waals surface area contributed by atoms with Crippen molar-refractivity contribution in [3.63, 3.8) is 0 Å². The number of hydrogen-bond donors (Lipinski definition) is 1. The van der Waals surface area contributed by atoms with Crippen molar-refractivity contribution in [3.05, 3.63) is 57.3 Å². The summed E-state index contributed by atoms with van der Waals surface area (Å²) in [5.41, 5.74) is 0.311. The van der Waals surface area contributed by atoms with Crippen LogP contribution in [0.1, 0.15) is 10.4 Å². The summed E-state index contributed by atoms with van der Waals surface area (Å²) in [6, 6.07) is 9.29. The molecule has 0 fully saturated rings. The number of ether oxygens (including phenoxy) is 1. The predicted octanol–water partition coefficient (Wildman–Crippen LogP) is 4.50. The van der Waals surface area contributed by atoms with E-state index in [4.69, 9.17) is 16.3 Å². The first-order valence-corrected chi connectivity index (χ1v) is 6.79. The van der Waals surface area contributed by atoms with Gasteiger partial charge in [0.1, 0.15) is 11.6 Å². The molecule has 0 aliphatic heterocycles. The molecule has 1 amide bonds. The molecule has 1 N–H and O–H groups in total. The van der Waals surface area contributed by atoms with E-state index < -0.39 is 11.7 Å². The van der Waals surface area contributed by atoms with Gasteiger partial charge in [0.25, 0.3) is 5.91 Å². The third-order valence-corrected chi connectivity index (χ3v) is 3.45. The van der Waals surface area contributed by atoms with Crippen LogP contribution < -0.4 is 10.1 Å². The van der Waals surface area contributed by atoms with Crippen molar-refractivity contribution in [2.75, 3.05) is 12.4 Å². The van der Waals surface area contributed by atoms with E-state index in [1.165, 1.54) is 25.3 Å². The van der Waals surface area contributed by atoms with Crippen LogP contribution in [0.3, 0.4) is 0 Å². The summed E-state index contributed by atoms with van der Waals surface area (Å²) in [6.07, 6.45) is 0. The average molecular weight is 359 g/mol. The number of hydrogen-bond acceptors (Lipinski definition) is 2. The lowest BCUT2D eigenvalue weighted by atomic mass is 10.2. The molecule has 104 valence electrons. The second-order valence-corrected chi connectivity index (χ2v) is 5.19. The van der Waals surface area contributed by atoms with Crippen molar-refractivity contribution in [3.8, 4) is 5.75 Å². The van der Waals surface area contributed by atoms with Crippen molar-refractivity contribution in [1.82, 2.24) is 0 Å². The SMILES string of the molecule is COc1ccc(Cl)cc1NC(=O)c1cccc(Br)c1F. The fraction of sp³-hybridized carbons (Fsp3) is 0.0714. The van der Waals surface area contributed by atoms with Gasteiger partial charge in [0, 0.05) is 5.02 Å². The van der Waals surface area contributed by atoms with Gasteiger partial charge >= 0.3 is 0 Å². The lowest BCUT2D eigenvalue weighted by Gasteiger charge is -2.11. The molecule has 20 heavy (non-hydrogen) atoms. The molecule has 2 aromatic carbocycles. The molecule has 2 aromatic rings. The van der Waals surface area contributed by atoms with Gasteiger partial charge in [-0.1, -0.05) is 17.7 Å². The van der Waals surface area contributed by atoms with Crippen LogP contribution in [0.2, 0.25) is 5.02 Å². The van der Waals surface area contributed by atoms with Gasteiger partial charge in [-0.15, -0.1) is 0 Å². The minimum absolute atomic E-state index is 0.0681. The summed E-state index contributed by atoms with van der Waals surface area (Å²) < 4.78 is 19.2. The summed E-state index contributed by atoms with van der Waals surface area (Å²) in [6.45, 7) is 0. The monoisotopic (exact) mass is 357 g/mol. The van der Waals surface area contributed by atoms with Crippen LogP contribution in [0.15, 0.2) is 40.9 Å². The molecule has 0 aliphatic rings. The summed E-state index contributed by atoms with van der Waals surface area (Å²) in [4.78, 5) is 12.1. The van der Waals surface area contributed by atoms with E-state index in [9.17, 15) is 9.18 Å². The molecule has 0 bridgehead atoms. The second kappa shape index (κ2) is 6.24. The van der Waals surface area contributed by atoms with E-state index in [1.807, 2.05) is 0 Å². The standard InChI is InChI=1S/C14H10BrClFNO2/c1-20-12-6-5-8(16)7-11(12)18-14(19)9-3-2-4-10(15)13(9)17/h2-7H,1H3,(H,18,19). The maximum absolute atomic E-state index is 13.9. The number of amides is 1. The fourth-order valence-electron chi connectivity index (χ4n) is 1.65. The Kier molecular flexibility index (Phi) is 4.62. The van der Waals surface area contributed by atoms with E-state index in [2.05, 4.69) is 21.2 Å². The number of nitrogens with one attached hydrogen (secondary N) is 1. The topological polar surface area (TPSA) is 38.3 Å². The van der Waals surface area contributed by atoms with Crippen LogP contribution in [0.5, 0.6) is 5.75 Å². The number of anilines is 1. The lowest BCUT2D eigenvalue weighted by molar-refractivity contribution is 0.102. The van der Waals surface area contributed by atoms with Crippen LogP contribution in [-0.2, 0) is 0 Å². The summed E-state index contributed by atoms with van der Waals surface area (Å²) in [7, 11) is 1.47. The van der Waals surface area contributed by atoms with Gasteiger partial charge in [-0.3, -0.25) is 4.79 Å². The molecule has 0 atom stereocenters. The molecular formula is C14H10BrClFNO2.